The number of methoxy groups -OCH3 is 1. The third-order valence-electron chi connectivity index (χ3n) is 2.54. The van der Waals surface area contributed by atoms with E-state index in [1.54, 1.807) is 26.3 Å². The number of aryl methyl sites for hydroxylation is 1. The summed E-state index contributed by atoms with van der Waals surface area (Å²) in [6.45, 7) is 1.78. The van der Waals surface area contributed by atoms with Crippen molar-refractivity contribution in [3.63, 3.8) is 0 Å². The Morgan fingerprint density at radius 1 is 1.37 bits per heavy atom. The van der Waals surface area contributed by atoms with Crippen molar-refractivity contribution in [3.8, 4) is 5.75 Å². The first-order chi connectivity index (χ1) is 9.17. The van der Waals surface area contributed by atoms with Crippen molar-refractivity contribution >= 4 is 11.7 Å². The molecule has 98 valence electrons. The van der Waals surface area contributed by atoms with Gasteiger partial charge in [-0.3, -0.25) is 4.79 Å². The number of anilines is 1. The molecular weight excluding hydrogens is 242 g/mol. The fourth-order valence-electron chi connectivity index (χ4n) is 1.68. The monoisotopic (exact) mass is 257 g/mol. The van der Waals surface area contributed by atoms with Crippen molar-refractivity contribution in [2.75, 3.05) is 12.4 Å². The van der Waals surface area contributed by atoms with Crippen molar-refractivity contribution in [2.45, 2.75) is 13.3 Å². The number of ether oxygens (including phenoxy) is 1. The lowest BCUT2D eigenvalue weighted by molar-refractivity contribution is -0.115. The van der Waals surface area contributed by atoms with Gasteiger partial charge in [0.15, 0.2) is 0 Å². The number of benzene rings is 1. The second-order valence-corrected chi connectivity index (χ2v) is 4.07. The standard InChI is InChI=1S/C14H15N3O2/c1-10-15-7-6-13(16-10)17-14(18)9-11-4-3-5-12(8-11)19-2/h3-8H,9H2,1-2H3,(H,15,16,17,18). The van der Waals surface area contributed by atoms with Gasteiger partial charge < -0.3 is 10.1 Å². The molecule has 5 nitrogen and oxygen atoms in total. The molecule has 1 heterocycles. The highest BCUT2D eigenvalue weighted by Crippen LogP contribution is 2.13. The molecule has 0 aliphatic rings. The first kappa shape index (κ1) is 13.0. The van der Waals surface area contributed by atoms with E-state index < -0.39 is 0 Å². The Morgan fingerprint density at radius 2 is 2.21 bits per heavy atom. The summed E-state index contributed by atoms with van der Waals surface area (Å²) in [6, 6.07) is 9.08. The molecule has 1 N–H and O–H groups in total. The number of rotatable bonds is 4. The van der Waals surface area contributed by atoms with Gasteiger partial charge in [0.2, 0.25) is 5.91 Å². The SMILES string of the molecule is COc1cccc(CC(=O)Nc2ccnc(C)n2)c1. The summed E-state index contributed by atoms with van der Waals surface area (Å²) in [5.41, 5.74) is 0.891. The molecule has 19 heavy (non-hydrogen) atoms. The van der Waals surface area contributed by atoms with Gasteiger partial charge in [0.05, 0.1) is 13.5 Å². The van der Waals surface area contributed by atoms with Crippen molar-refractivity contribution in [1.29, 1.82) is 0 Å². The van der Waals surface area contributed by atoms with Crippen LogP contribution in [0.4, 0.5) is 5.82 Å². The number of hydrogen-bond acceptors (Lipinski definition) is 4. The molecule has 0 aliphatic carbocycles. The molecule has 1 aromatic carbocycles. The van der Waals surface area contributed by atoms with Crippen LogP contribution >= 0.6 is 0 Å². The number of aromatic nitrogens is 2. The van der Waals surface area contributed by atoms with Gasteiger partial charge in [0.25, 0.3) is 0 Å². The molecule has 0 spiro atoms. The second-order valence-electron chi connectivity index (χ2n) is 4.07. The lowest BCUT2D eigenvalue weighted by atomic mass is 10.1. The Hall–Kier alpha value is -2.43. The maximum atomic E-state index is 11.9. The van der Waals surface area contributed by atoms with Crippen LogP contribution in [0.5, 0.6) is 5.75 Å². The maximum Gasteiger partial charge on any atom is 0.229 e. The van der Waals surface area contributed by atoms with Gasteiger partial charge in [-0.15, -0.1) is 0 Å². The number of hydrogen-bond donors (Lipinski definition) is 1. The molecule has 0 bridgehead atoms. The van der Waals surface area contributed by atoms with E-state index in [-0.39, 0.29) is 12.3 Å². The quantitative estimate of drug-likeness (QED) is 0.909. The third-order valence-corrected chi connectivity index (χ3v) is 2.54. The molecule has 0 radical (unpaired) electrons. The van der Waals surface area contributed by atoms with Gasteiger partial charge in [-0.25, -0.2) is 9.97 Å². The van der Waals surface area contributed by atoms with E-state index in [0.29, 0.717) is 11.6 Å². The fourth-order valence-corrected chi connectivity index (χ4v) is 1.68. The van der Waals surface area contributed by atoms with Gasteiger partial charge in [-0.2, -0.15) is 0 Å². The molecule has 5 heteroatoms. The Kier molecular flexibility index (Phi) is 4.07. The van der Waals surface area contributed by atoms with Crippen LogP contribution in [0.2, 0.25) is 0 Å². The topological polar surface area (TPSA) is 64.1 Å². The van der Waals surface area contributed by atoms with E-state index >= 15 is 0 Å². The van der Waals surface area contributed by atoms with Crippen LogP contribution in [-0.4, -0.2) is 23.0 Å². The lowest BCUT2D eigenvalue weighted by Crippen LogP contribution is -2.15. The number of nitrogens with one attached hydrogen (secondary N) is 1. The third kappa shape index (κ3) is 3.77. The van der Waals surface area contributed by atoms with E-state index in [1.165, 1.54) is 0 Å². The van der Waals surface area contributed by atoms with Crippen molar-refractivity contribution in [1.82, 2.24) is 9.97 Å². The zero-order valence-corrected chi connectivity index (χ0v) is 10.9. The molecule has 0 aliphatic heterocycles. The highest BCUT2D eigenvalue weighted by Gasteiger charge is 2.06. The fraction of sp³-hybridized carbons (Fsp3) is 0.214. The molecule has 0 fully saturated rings. The molecule has 0 unspecified atom stereocenters. The highest BCUT2D eigenvalue weighted by atomic mass is 16.5. The normalized spacial score (nSPS) is 10.0. The van der Waals surface area contributed by atoms with Gasteiger partial charge in [0.1, 0.15) is 17.4 Å². The molecule has 0 atom stereocenters. The number of carbonyl (C=O) groups excluding carboxylic acids is 1. The Labute approximate surface area is 111 Å². The van der Waals surface area contributed by atoms with Crippen LogP contribution in [0.1, 0.15) is 11.4 Å². The summed E-state index contributed by atoms with van der Waals surface area (Å²) in [5, 5.41) is 2.74. The van der Waals surface area contributed by atoms with E-state index in [0.717, 1.165) is 11.3 Å². The molecule has 0 saturated carbocycles. The largest absolute Gasteiger partial charge is 0.497 e. The van der Waals surface area contributed by atoms with Gasteiger partial charge in [-0.05, 0) is 30.7 Å². The maximum absolute atomic E-state index is 11.9. The van der Waals surface area contributed by atoms with E-state index in [4.69, 9.17) is 4.74 Å². The zero-order valence-electron chi connectivity index (χ0n) is 10.9. The number of carbonyl (C=O) groups is 1. The van der Waals surface area contributed by atoms with Crippen LogP contribution in [0.25, 0.3) is 0 Å². The summed E-state index contributed by atoms with van der Waals surface area (Å²) < 4.78 is 5.12. The predicted octanol–water partition coefficient (Wildman–Crippen LogP) is 1.97. The zero-order chi connectivity index (χ0) is 13.7. The molecule has 0 saturated heterocycles. The minimum atomic E-state index is -0.119. The minimum Gasteiger partial charge on any atom is -0.497 e. The molecular formula is C14H15N3O2. The Balaban J connectivity index is 2.01. The first-order valence-corrected chi connectivity index (χ1v) is 5.90. The number of nitrogens with zero attached hydrogens (tertiary/aromatic N) is 2. The van der Waals surface area contributed by atoms with Crippen LogP contribution in [0, 0.1) is 6.92 Å². The number of amides is 1. The Morgan fingerprint density at radius 3 is 2.95 bits per heavy atom. The summed E-state index contributed by atoms with van der Waals surface area (Å²) in [6.07, 6.45) is 1.89. The van der Waals surface area contributed by atoms with Gasteiger partial charge >= 0.3 is 0 Å². The van der Waals surface area contributed by atoms with E-state index in [9.17, 15) is 4.79 Å². The summed E-state index contributed by atoms with van der Waals surface area (Å²) >= 11 is 0. The molecule has 1 amide bonds. The second kappa shape index (κ2) is 5.95. The van der Waals surface area contributed by atoms with Crippen LogP contribution in [-0.2, 0) is 11.2 Å². The summed E-state index contributed by atoms with van der Waals surface area (Å²) in [4.78, 5) is 20.0. The Bertz CT molecular complexity index is 584. The van der Waals surface area contributed by atoms with E-state index in [1.807, 2.05) is 24.3 Å². The highest BCUT2D eigenvalue weighted by molar-refractivity contribution is 5.91. The van der Waals surface area contributed by atoms with Crippen LogP contribution < -0.4 is 10.1 Å². The lowest BCUT2D eigenvalue weighted by Gasteiger charge is -2.06. The average Bonchev–Trinajstić information content (AvgIpc) is 2.38. The van der Waals surface area contributed by atoms with Crippen molar-refractivity contribution in [2.24, 2.45) is 0 Å². The predicted molar refractivity (Wildman–Crippen MR) is 72.1 cm³/mol. The smallest absolute Gasteiger partial charge is 0.229 e. The van der Waals surface area contributed by atoms with E-state index in [2.05, 4.69) is 15.3 Å². The molecule has 2 rings (SSSR count). The molecule has 2 aromatic rings. The summed E-state index contributed by atoms with van der Waals surface area (Å²) in [5.74, 6) is 1.76. The van der Waals surface area contributed by atoms with Crippen LogP contribution in [0.15, 0.2) is 36.5 Å². The van der Waals surface area contributed by atoms with Gasteiger partial charge in [0, 0.05) is 6.20 Å². The summed E-state index contributed by atoms with van der Waals surface area (Å²) in [7, 11) is 1.60. The van der Waals surface area contributed by atoms with Crippen molar-refractivity contribution < 1.29 is 9.53 Å². The van der Waals surface area contributed by atoms with Crippen molar-refractivity contribution in [3.05, 3.63) is 47.9 Å². The first-order valence-electron chi connectivity index (χ1n) is 5.90. The molecule has 1 aromatic heterocycles. The average molecular weight is 257 g/mol. The van der Waals surface area contributed by atoms with Crippen LogP contribution in [0.3, 0.4) is 0 Å². The minimum absolute atomic E-state index is 0.119. The van der Waals surface area contributed by atoms with Gasteiger partial charge in [-0.1, -0.05) is 12.1 Å².